The molecule has 1 aliphatic rings. The van der Waals surface area contributed by atoms with Crippen LogP contribution in [0.1, 0.15) is 11.1 Å². The number of anilines is 1. The molecule has 0 radical (unpaired) electrons. The van der Waals surface area contributed by atoms with Gasteiger partial charge in [-0.25, -0.2) is 0 Å². The Morgan fingerprint density at radius 1 is 1.00 bits per heavy atom. The number of nitrogens with one attached hydrogen (secondary N) is 1. The van der Waals surface area contributed by atoms with E-state index in [-0.39, 0.29) is 27.7 Å². The molecular weight excluding hydrogens is 508 g/mol. The molecule has 0 bridgehead atoms. The molecule has 10 heteroatoms. The van der Waals surface area contributed by atoms with Crippen molar-refractivity contribution in [3.05, 3.63) is 98.7 Å². The number of sulfonamides is 1. The van der Waals surface area contributed by atoms with Crippen LogP contribution in [-0.2, 0) is 10.0 Å². The summed E-state index contributed by atoms with van der Waals surface area (Å²) in [5.41, 5.74) is 0.323. The van der Waals surface area contributed by atoms with Crippen molar-refractivity contribution in [2.75, 3.05) is 5.32 Å². The lowest BCUT2D eigenvalue weighted by Gasteiger charge is -2.19. The number of hydrogen-bond acceptors (Lipinski definition) is 6. The number of aromatic hydroxyl groups is 1. The van der Waals surface area contributed by atoms with Crippen LogP contribution in [0.25, 0.3) is 10.9 Å². The third-order valence-corrected chi connectivity index (χ3v) is 7.17. The first-order valence-electron chi connectivity index (χ1n) is 9.74. The summed E-state index contributed by atoms with van der Waals surface area (Å²) in [6.45, 7) is 0. The minimum Gasteiger partial charge on any atom is -0.506 e. The van der Waals surface area contributed by atoms with Crippen LogP contribution in [0.5, 0.6) is 5.75 Å². The van der Waals surface area contributed by atoms with Crippen LogP contribution in [0.2, 0.25) is 0 Å². The number of benzene rings is 3. The topological polar surface area (TPSA) is 113 Å². The average molecular weight is 523 g/mol. The molecule has 4 aromatic rings. The van der Waals surface area contributed by atoms with Crippen molar-refractivity contribution < 1.29 is 13.5 Å². The van der Waals surface area contributed by atoms with Crippen LogP contribution < -0.4 is 10.9 Å². The van der Waals surface area contributed by atoms with Gasteiger partial charge in [-0.2, -0.15) is 18.2 Å². The lowest BCUT2D eigenvalue weighted by atomic mass is 10.1. The molecule has 0 atom stereocenters. The molecule has 0 spiro atoms. The van der Waals surface area contributed by atoms with Crippen molar-refractivity contribution in [2.45, 2.75) is 4.90 Å². The normalized spacial score (nSPS) is 14.6. The van der Waals surface area contributed by atoms with Crippen molar-refractivity contribution in [3.8, 4) is 5.75 Å². The summed E-state index contributed by atoms with van der Waals surface area (Å²) in [6.07, 6.45) is 1.50. The van der Waals surface area contributed by atoms with E-state index in [1.54, 1.807) is 42.5 Å². The molecule has 0 unspecified atom stereocenters. The van der Waals surface area contributed by atoms with Crippen molar-refractivity contribution in [3.63, 3.8) is 0 Å². The Hall–Kier alpha value is -3.76. The molecule has 33 heavy (non-hydrogen) atoms. The largest absolute Gasteiger partial charge is 0.506 e. The molecule has 2 N–H and O–H groups in total. The quantitative estimate of drug-likeness (QED) is 0.396. The summed E-state index contributed by atoms with van der Waals surface area (Å²) >= 11 is 3.44. The highest BCUT2D eigenvalue weighted by Crippen LogP contribution is 2.32. The summed E-state index contributed by atoms with van der Waals surface area (Å²) in [5, 5.41) is 18.5. The van der Waals surface area contributed by atoms with Gasteiger partial charge in [0.2, 0.25) is 0 Å². The molecule has 2 heterocycles. The van der Waals surface area contributed by atoms with E-state index in [0.29, 0.717) is 10.9 Å². The predicted octanol–water partition coefficient (Wildman–Crippen LogP) is 3.91. The number of pyridine rings is 1. The first-order chi connectivity index (χ1) is 15.9. The van der Waals surface area contributed by atoms with Gasteiger partial charge in [0.05, 0.1) is 17.4 Å². The number of amidine groups is 1. The number of fused-ring (bicyclic) bond motifs is 2. The maximum Gasteiger partial charge on any atom is 0.286 e. The first-order valence-corrected chi connectivity index (χ1v) is 12.0. The highest BCUT2D eigenvalue weighted by molar-refractivity contribution is 9.10. The molecule has 1 aromatic heterocycles. The third kappa shape index (κ3) is 3.62. The Balaban J connectivity index is 1.76. The Kier molecular flexibility index (Phi) is 5.10. The predicted molar refractivity (Wildman–Crippen MR) is 131 cm³/mol. The van der Waals surface area contributed by atoms with E-state index in [9.17, 15) is 18.3 Å². The Morgan fingerprint density at radius 3 is 2.52 bits per heavy atom. The molecule has 164 valence electrons. The zero-order chi connectivity index (χ0) is 23.2. The van der Waals surface area contributed by atoms with E-state index in [4.69, 9.17) is 0 Å². The maximum atomic E-state index is 13.5. The van der Waals surface area contributed by atoms with Crippen molar-refractivity contribution in [1.82, 2.24) is 4.68 Å². The van der Waals surface area contributed by atoms with Crippen LogP contribution in [0.4, 0.5) is 5.69 Å². The van der Waals surface area contributed by atoms with Gasteiger partial charge in [-0.3, -0.25) is 4.79 Å². The number of aromatic nitrogens is 1. The van der Waals surface area contributed by atoms with Crippen molar-refractivity contribution in [2.24, 2.45) is 9.50 Å². The molecule has 0 saturated carbocycles. The molecule has 0 amide bonds. The van der Waals surface area contributed by atoms with Gasteiger partial charge in [0, 0.05) is 15.4 Å². The van der Waals surface area contributed by atoms with Crippen molar-refractivity contribution >= 4 is 54.6 Å². The van der Waals surface area contributed by atoms with Crippen molar-refractivity contribution in [1.29, 1.82) is 0 Å². The van der Waals surface area contributed by atoms with Gasteiger partial charge in [0.1, 0.15) is 16.2 Å². The minimum absolute atomic E-state index is 0.0127. The zero-order valence-corrected chi connectivity index (χ0v) is 19.2. The zero-order valence-electron chi connectivity index (χ0n) is 16.8. The number of para-hydroxylation sites is 2. The van der Waals surface area contributed by atoms with Crippen LogP contribution in [0.3, 0.4) is 0 Å². The van der Waals surface area contributed by atoms with E-state index >= 15 is 0 Å². The summed E-state index contributed by atoms with van der Waals surface area (Å²) in [7, 11) is -4.08. The van der Waals surface area contributed by atoms with E-state index < -0.39 is 15.6 Å². The average Bonchev–Trinajstić information content (AvgIpc) is 2.80. The number of halogens is 1. The van der Waals surface area contributed by atoms with Gasteiger partial charge in [-0.15, -0.1) is 4.40 Å². The van der Waals surface area contributed by atoms with Gasteiger partial charge in [-0.1, -0.05) is 58.4 Å². The maximum absolute atomic E-state index is 13.5. The van der Waals surface area contributed by atoms with Gasteiger partial charge in [-0.05, 0) is 30.3 Å². The lowest BCUT2D eigenvalue weighted by molar-refractivity contribution is 0.478. The molecule has 0 fully saturated rings. The van der Waals surface area contributed by atoms with Crippen LogP contribution >= 0.6 is 15.9 Å². The second-order valence-corrected chi connectivity index (χ2v) is 9.59. The highest BCUT2D eigenvalue weighted by atomic mass is 79.9. The van der Waals surface area contributed by atoms with E-state index in [1.165, 1.54) is 12.3 Å². The molecular formula is C23H15BrN4O4S. The van der Waals surface area contributed by atoms with E-state index in [1.807, 2.05) is 24.3 Å². The summed E-state index contributed by atoms with van der Waals surface area (Å²) < 4.78 is 31.1. The summed E-state index contributed by atoms with van der Waals surface area (Å²) in [4.78, 5) is 13.5. The fourth-order valence-corrected chi connectivity index (χ4v) is 5.07. The standard InChI is InChI=1S/C23H15BrN4O4S/c24-16-9-3-1-7-14(16)13-25-28-18-11-5-2-8-15(18)21(29)20(23(28)30)22-26-17-10-4-6-12-19(17)33(31,32)27-22/h1-13,29H,(H,26,27). The van der Waals surface area contributed by atoms with E-state index in [0.717, 1.165) is 14.7 Å². The molecule has 5 rings (SSSR count). The van der Waals surface area contributed by atoms with Crippen LogP contribution in [-0.4, -0.2) is 30.3 Å². The second-order valence-electron chi connectivity index (χ2n) is 7.16. The first kappa shape index (κ1) is 21.1. The lowest BCUT2D eigenvalue weighted by Crippen LogP contribution is -2.31. The number of rotatable bonds is 3. The Morgan fingerprint density at radius 2 is 1.70 bits per heavy atom. The van der Waals surface area contributed by atoms with Crippen LogP contribution in [0, 0.1) is 0 Å². The van der Waals surface area contributed by atoms with Gasteiger partial charge in [0.15, 0.2) is 5.84 Å². The second kappa shape index (κ2) is 7.98. The molecule has 3 aromatic carbocycles. The minimum atomic E-state index is -4.08. The molecule has 8 nitrogen and oxygen atoms in total. The fourth-order valence-electron chi connectivity index (χ4n) is 3.56. The van der Waals surface area contributed by atoms with Gasteiger partial charge in [0.25, 0.3) is 15.6 Å². The van der Waals surface area contributed by atoms with Gasteiger partial charge < -0.3 is 10.4 Å². The van der Waals surface area contributed by atoms with E-state index in [2.05, 4.69) is 30.7 Å². The molecule has 1 aliphatic heterocycles. The molecule has 0 aliphatic carbocycles. The number of hydrogen-bond donors (Lipinski definition) is 2. The van der Waals surface area contributed by atoms with Crippen LogP contribution in [0.15, 0.2) is 96.5 Å². The fraction of sp³-hybridized carbons (Fsp3) is 0. The Labute approximate surface area is 196 Å². The smallest absolute Gasteiger partial charge is 0.286 e. The Bertz CT molecular complexity index is 1660. The summed E-state index contributed by atoms with van der Waals surface area (Å²) in [6, 6.07) is 20.2. The SMILES string of the molecule is O=c1c(C2=NS(=O)(=O)c3ccccc3N2)c(O)c2ccccc2n1N=Cc1ccccc1Br. The number of nitrogens with zero attached hydrogens (tertiary/aromatic N) is 3. The summed E-state index contributed by atoms with van der Waals surface area (Å²) in [5.74, 6) is -0.657. The third-order valence-electron chi connectivity index (χ3n) is 5.11. The van der Waals surface area contributed by atoms with Gasteiger partial charge >= 0.3 is 0 Å². The monoisotopic (exact) mass is 522 g/mol. The highest BCUT2D eigenvalue weighted by Gasteiger charge is 2.29. The molecule has 0 saturated heterocycles.